The van der Waals surface area contributed by atoms with Gasteiger partial charge in [-0.2, -0.15) is 8.42 Å². The van der Waals surface area contributed by atoms with Crippen molar-refractivity contribution in [2.75, 3.05) is 6.61 Å². The molecule has 2 aliphatic rings. The molecule has 0 amide bonds. The molecule has 0 aliphatic heterocycles. The summed E-state index contributed by atoms with van der Waals surface area (Å²) in [5.41, 5.74) is 1.13. The Kier molecular flexibility index (Phi) is 5.29. The van der Waals surface area contributed by atoms with Gasteiger partial charge in [0.05, 0.1) is 17.6 Å². The number of hydrogen-bond donors (Lipinski definition) is 1. The summed E-state index contributed by atoms with van der Waals surface area (Å²) < 4.78 is 30.2. The third-order valence-corrected chi connectivity index (χ3v) is 7.94. The van der Waals surface area contributed by atoms with Crippen LogP contribution in [0.3, 0.4) is 0 Å². The van der Waals surface area contributed by atoms with Crippen molar-refractivity contribution >= 4 is 10.1 Å². The van der Waals surface area contributed by atoms with Crippen LogP contribution in [0.5, 0.6) is 0 Å². The van der Waals surface area contributed by atoms with E-state index in [9.17, 15) is 13.5 Å². The van der Waals surface area contributed by atoms with Gasteiger partial charge in [-0.05, 0) is 67.9 Å². The Morgan fingerprint density at radius 3 is 2.60 bits per heavy atom. The van der Waals surface area contributed by atoms with Crippen LogP contribution in [0.4, 0.5) is 0 Å². The zero-order chi connectivity index (χ0) is 18.2. The van der Waals surface area contributed by atoms with Crippen molar-refractivity contribution in [3.05, 3.63) is 29.8 Å². The summed E-state index contributed by atoms with van der Waals surface area (Å²) in [6, 6.07) is 6.76. The highest BCUT2D eigenvalue weighted by Gasteiger charge is 2.52. The third-order valence-electron chi connectivity index (χ3n) is 6.65. The number of hydrogen-bond acceptors (Lipinski definition) is 4. The molecule has 2 fully saturated rings. The lowest BCUT2D eigenvalue weighted by Gasteiger charge is -2.45. The van der Waals surface area contributed by atoms with E-state index in [0.717, 1.165) is 37.7 Å². The van der Waals surface area contributed by atoms with Crippen LogP contribution in [-0.2, 0) is 14.3 Å². The molecule has 2 saturated carbocycles. The third kappa shape index (κ3) is 3.64. The van der Waals surface area contributed by atoms with Crippen LogP contribution >= 0.6 is 0 Å². The molecule has 0 radical (unpaired) electrons. The van der Waals surface area contributed by atoms with Crippen LogP contribution in [-0.4, -0.2) is 26.2 Å². The van der Waals surface area contributed by atoms with Gasteiger partial charge in [0.1, 0.15) is 0 Å². The standard InChI is InChI=1S/C20H30O4S/c1-14-6-8-16(9-7-14)25(22,23)24-13-15(2)17-10-11-18-19(21)5-4-12-20(17,18)3/h6-9,15,17-19,21H,4-5,10-13H2,1-3H3/t15-,17-,18+,19-,20+/m0/s1. The largest absolute Gasteiger partial charge is 0.393 e. The number of benzene rings is 1. The maximum atomic E-state index is 12.4. The molecule has 0 bridgehead atoms. The van der Waals surface area contributed by atoms with Gasteiger partial charge in [-0.1, -0.05) is 38.0 Å². The van der Waals surface area contributed by atoms with Crippen molar-refractivity contribution in [1.82, 2.24) is 0 Å². The molecule has 4 nitrogen and oxygen atoms in total. The molecule has 3 rings (SSSR count). The molecule has 5 heteroatoms. The van der Waals surface area contributed by atoms with E-state index in [2.05, 4.69) is 13.8 Å². The molecular weight excluding hydrogens is 336 g/mol. The van der Waals surface area contributed by atoms with E-state index in [4.69, 9.17) is 4.18 Å². The van der Waals surface area contributed by atoms with Gasteiger partial charge in [0, 0.05) is 0 Å². The molecule has 0 unspecified atom stereocenters. The van der Waals surface area contributed by atoms with E-state index < -0.39 is 10.1 Å². The monoisotopic (exact) mass is 366 g/mol. The Morgan fingerprint density at radius 2 is 1.92 bits per heavy atom. The predicted octanol–water partition coefficient (Wildman–Crippen LogP) is 3.91. The molecule has 0 aromatic heterocycles. The van der Waals surface area contributed by atoms with Gasteiger partial charge < -0.3 is 5.11 Å². The Balaban J connectivity index is 1.66. The zero-order valence-electron chi connectivity index (χ0n) is 15.4. The number of aliphatic hydroxyl groups is 1. The zero-order valence-corrected chi connectivity index (χ0v) is 16.3. The molecule has 1 aromatic rings. The van der Waals surface area contributed by atoms with Gasteiger partial charge >= 0.3 is 0 Å². The summed E-state index contributed by atoms with van der Waals surface area (Å²) in [5, 5.41) is 10.3. The van der Waals surface area contributed by atoms with Gasteiger partial charge in [-0.25, -0.2) is 0 Å². The van der Waals surface area contributed by atoms with E-state index in [1.54, 1.807) is 24.3 Å². The normalized spacial score (nSPS) is 33.8. The second kappa shape index (κ2) is 7.01. The Bertz CT molecular complexity index is 697. The fourth-order valence-corrected chi connectivity index (χ4v) is 6.21. The average Bonchev–Trinajstić information content (AvgIpc) is 2.92. The SMILES string of the molecule is Cc1ccc(S(=O)(=O)OC[C@H](C)[C@@H]2CC[C@@H]3[C@@H](O)CCC[C@@]32C)cc1. The van der Waals surface area contributed by atoms with Gasteiger partial charge in [0.25, 0.3) is 10.1 Å². The summed E-state index contributed by atoms with van der Waals surface area (Å²) in [5.74, 6) is 0.906. The molecule has 25 heavy (non-hydrogen) atoms. The molecule has 140 valence electrons. The smallest absolute Gasteiger partial charge is 0.296 e. The number of aryl methyl sites for hydroxylation is 1. The van der Waals surface area contributed by atoms with Gasteiger partial charge in [-0.15, -0.1) is 0 Å². The summed E-state index contributed by atoms with van der Waals surface area (Å²) in [7, 11) is -3.71. The van der Waals surface area contributed by atoms with E-state index in [-0.39, 0.29) is 28.9 Å². The van der Waals surface area contributed by atoms with Crippen LogP contribution < -0.4 is 0 Å². The molecule has 0 heterocycles. The molecular formula is C20H30O4S. The number of fused-ring (bicyclic) bond motifs is 1. The van der Waals surface area contributed by atoms with Crippen molar-refractivity contribution in [3.8, 4) is 0 Å². The fraction of sp³-hybridized carbons (Fsp3) is 0.700. The van der Waals surface area contributed by atoms with Crippen LogP contribution in [0.1, 0.15) is 51.5 Å². The highest BCUT2D eigenvalue weighted by Crippen LogP contribution is 2.57. The minimum Gasteiger partial charge on any atom is -0.393 e. The fourth-order valence-electron chi connectivity index (χ4n) is 5.21. The molecule has 2 aliphatic carbocycles. The minimum absolute atomic E-state index is 0.105. The second-order valence-electron chi connectivity index (χ2n) is 8.28. The first-order valence-corrected chi connectivity index (χ1v) is 10.8. The topological polar surface area (TPSA) is 63.6 Å². The van der Waals surface area contributed by atoms with Crippen molar-refractivity contribution in [1.29, 1.82) is 0 Å². The van der Waals surface area contributed by atoms with Crippen LogP contribution in [0, 0.1) is 30.1 Å². The van der Waals surface area contributed by atoms with E-state index in [1.807, 2.05) is 6.92 Å². The highest BCUT2D eigenvalue weighted by atomic mass is 32.2. The van der Waals surface area contributed by atoms with E-state index in [1.165, 1.54) is 0 Å². The molecule has 0 spiro atoms. The lowest BCUT2D eigenvalue weighted by Crippen LogP contribution is -2.42. The summed E-state index contributed by atoms with van der Waals surface area (Å²) in [6.07, 6.45) is 4.96. The van der Waals surface area contributed by atoms with Crippen molar-refractivity contribution < 1.29 is 17.7 Å². The first-order valence-electron chi connectivity index (χ1n) is 9.38. The van der Waals surface area contributed by atoms with Crippen LogP contribution in [0.2, 0.25) is 0 Å². The van der Waals surface area contributed by atoms with Gasteiger partial charge in [-0.3, -0.25) is 4.18 Å². The van der Waals surface area contributed by atoms with E-state index in [0.29, 0.717) is 11.8 Å². The number of rotatable bonds is 5. The second-order valence-corrected chi connectivity index (χ2v) is 9.90. The summed E-state index contributed by atoms with van der Waals surface area (Å²) in [4.78, 5) is 0.217. The minimum atomic E-state index is -3.71. The molecule has 1 aromatic carbocycles. The quantitative estimate of drug-likeness (QED) is 0.803. The van der Waals surface area contributed by atoms with Gasteiger partial charge in [0.15, 0.2) is 0 Å². The lowest BCUT2D eigenvalue weighted by molar-refractivity contribution is -0.0307. The average molecular weight is 367 g/mol. The Labute approximate surface area is 151 Å². The number of aliphatic hydroxyl groups excluding tert-OH is 1. The van der Waals surface area contributed by atoms with E-state index >= 15 is 0 Å². The van der Waals surface area contributed by atoms with Gasteiger partial charge in [0.2, 0.25) is 0 Å². The Morgan fingerprint density at radius 1 is 1.24 bits per heavy atom. The van der Waals surface area contributed by atoms with Crippen molar-refractivity contribution in [3.63, 3.8) is 0 Å². The first kappa shape index (κ1) is 18.9. The summed E-state index contributed by atoms with van der Waals surface area (Å²) in [6.45, 7) is 6.50. The predicted molar refractivity (Wildman–Crippen MR) is 97.7 cm³/mol. The molecule has 0 saturated heterocycles. The lowest BCUT2D eigenvalue weighted by atomic mass is 9.62. The molecule has 5 atom stereocenters. The summed E-state index contributed by atoms with van der Waals surface area (Å²) >= 11 is 0. The highest BCUT2D eigenvalue weighted by molar-refractivity contribution is 7.86. The maximum Gasteiger partial charge on any atom is 0.296 e. The van der Waals surface area contributed by atoms with Crippen LogP contribution in [0.25, 0.3) is 0 Å². The molecule has 1 N–H and O–H groups in total. The first-order chi connectivity index (χ1) is 11.7. The Hall–Kier alpha value is -0.910. The van der Waals surface area contributed by atoms with Crippen LogP contribution in [0.15, 0.2) is 29.2 Å². The maximum absolute atomic E-state index is 12.4. The van der Waals surface area contributed by atoms with Crippen molar-refractivity contribution in [2.24, 2.45) is 23.2 Å². The van der Waals surface area contributed by atoms with Crippen molar-refractivity contribution in [2.45, 2.75) is 63.9 Å².